The molecule has 0 heterocycles. The molecule has 0 fully saturated rings. The van der Waals surface area contributed by atoms with E-state index >= 15 is 0 Å². The fourth-order valence-electron chi connectivity index (χ4n) is 5.10. The first-order valence-electron chi connectivity index (χ1n) is 11.1. The first kappa shape index (κ1) is 19.5. The lowest BCUT2D eigenvalue weighted by Crippen LogP contribution is -2.19. The summed E-state index contributed by atoms with van der Waals surface area (Å²) in [4.78, 5) is 0. The average Bonchev–Trinajstić information content (AvgIpc) is 2.84. The molecule has 1 aliphatic rings. The molecule has 0 saturated carbocycles. The quantitative estimate of drug-likeness (QED) is 0.223. The Bertz CT molecular complexity index is 1550. The Labute approximate surface area is 197 Å². The van der Waals surface area contributed by atoms with E-state index in [9.17, 15) is 0 Å². The largest absolute Gasteiger partial charge is 0.0834 e. The average molecular weight is 475 g/mol. The van der Waals surface area contributed by atoms with Gasteiger partial charge in [-0.2, -0.15) is 0 Å². The number of benzene rings is 5. The third-order valence-electron chi connectivity index (χ3n) is 6.91. The van der Waals surface area contributed by atoms with Crippen molar-refractivity contribution in [1.29, 1.82) is 0 Å². The van der Waals surface area contributed by atoms with Crippen LogP contribution in [0.2, 0.25) is 0 Å². The van der Waals surface area contributed by atoms with Gasteiger partial charge in [0.1, 0.15) is 0 Å². The molecule has 0 bridgehead atoms. The molecule has 0 N–H and O–H groups in total. The third kappa shape index (κ3) is 3.12. The molecule has 0 spiro atoms. The van der Waals surface area contributed by atoms with Crippen molar-refractivity contribution in [2.24, 2.45) is 0 Å². The van der Waals surface area contributed by atoms with E-state index < -0.39 is 0 Å². The van der Waals surface area contributed by atoms with Crippen LogP contribution in [0, 0.1) is 0 Å². The van der Waals surface area contributed by atoms with E-state index in [0.717, 1.165) is 10.9 Å². The summed E-state index contributed by atoms with van der Waals surface area (Å²) in [5, 5.41) is 7.81. The number of hydrogen-bond donors (Lipinski definition) is 0. The highest BCUT2D eigenvalue weighted by Gasteiger charge is 2.23. The van der Waals surface area contributed by atoms with Gasteiger partial charge in [-0.15, -0.1) is 0 Å². The van der Waals surface area contributed by atoms with Gasteiger partial charge >= 0.3 is 0 Å². The molecule has 0 saturated heterocycles. The number of fused-ring (bicyclic) bond motifs is 6. The molecule has 32 heavy (non-hydrogen) atoms. The topological polar surface area (TPSA) is 0 Å². The Balaban J connectivity index is 1.58. The smallest absolute Gasteiger partial charge is 0.0181 e. The first-order valence-corrected chi connectivity index (χ1v) is 11.9. The molecule has 1 unspecified atom stereocenters. The summed E-state index contributed by atoms with van der Waals surface area (Å²) in [6, 6.07) is 31.4. The van der Waals surface area contributed by atoms with Crippen molar-refractivity contribution in [2.45, 2.75) is 18.8 Å². The van der Waals surface area contributed by atoms with Crippen LogP contribution < -0.4 is 0 Å². The molecule has 1 atom stereocenters. The van der Waals surface area contributed by atoms with E-state index in [0.29, 0.717) is 0 Å². The lowest BCUT2D eigenvalue weighted by molar-refractivity contribution is 0.600. The zero-order valence-electron chi connectivity index (χ0n) is 18.0. The van der Waals surface area contributed by atoms with E-state index in [2.05, 4.69) is 132 Å². The van der Waals surface area contributed by atoms with Crippen LogP contribution in [-0.4, -0.2) is 0 Å². The van der Waals surface area contributed by atoms with Crippen molar-refractivity contribution in [1.82, 2.24) is 0 Å². The first-order chi connectivity index (χ1) is 15.6. The summed E-state index contributed by atoms with van der Waals surface area (Å²) in [7, 11) is 0. The van der Waals surface area contributed by atoms with Crippen LogP contribution in [0.3, 0.4) is 0 Å². The summed E-state index contributed by atoms with van der Waals surface area (Å²) in [6.45, 7) is 2.32. The Morgan fingerprint density at radius 1 is 0.625 bits per heavy atom. The van der Waals surface area contributed by atoms with Crippen molar-refractivity contribution in [2.75, 3.05) is 0 Å². The zero-order valence-corrected chi connectivity index (χ0v) is 19.6. The molecule has 0 radical (unpaired) electrons. The molecule has 1 aliphatic carbocycles. The van der Waals surface area contributed by atoms with Gasteiger partial charge in [-0.3, -0.25) is 0 Å². The van der Waals surface area contributed by atoms with Gasteiger partial charge in [-0.1, -0.05) is 114 Å². The minimum atomic E-state index is 0.0535. The molecule has 1 heteroatoms. The lowest BCUT2D eigenvalue weighted by atomic mass is 9.76. The summed E-state index contributed by atoms with van der Waals surface area (Å²) in [5.41, 5.74) is 3.95. The van der Waals surface area contributed by atoms with Crippen molar-refractivity contribution in [3.8, 4) is 11.1 Å². The molecular weight excluding hydrogens is 452 g/mol. The van der Waals surface area contributed by atoms with Crippen LogP contribution in [0.15, 0.2) is 114 Å². The van der Waals surface area contributed by atoms with Crippen molar-refractivity contribution >= 4 is 48.2 Å². The maximum atomic E-state index is 3.66. The van der Waals surface area contributed by atoms with Crippen molar-refractivity contribution < 1.29 is 0 Å². The Morgan fingerprint density at radius 2 is 1.31 bits per heavy atom. The summed E-state index contributed by atoms with van der Waals surface area (Å²) in [6.07, 6.45) is 9.93. The molecule has 0 aliphatic heterocycles. The molecule has 5 aromatic rings. The molecule has 0 aromatic heterocycles. The monoisotopic (exact) mass is 474 g/mol. The van der Waals surface area contributed by atoms with Crippen molar-refractivity contribution in [3.63, 3.8) is 0 Å². The maximum absolute atomic E-state index is 3.66. The third-order valence-corrected chi connectivity index (χ3v) is 7.40. The second-order valence-corrected chi connectivity index (χ2v) is 9.90. The van der Waals surface area contributed by atoms with Crippen LogP contribution in [0.5, 0.6) is 0 Å². The van der Waals surface area contributed by atoms with E-state index in [-0.39, 0.29) is 5.41 Å². The van der Waals surface area contributed by atoms with Gasteiger partial charge in [0.15, 0.2) is 0 Å². The van der Waals surface area contributed by atoms with Crippen LogP contribution in [0.25, 0.3) is 43.4 Å². The molecular formula is C31H23Br. The number of rotatable bonds is 2. The molecule has 6 rings (SSSR count). The van der Waals surface area contributed by atoms with E-state index in [4.69, 9.17) is 0 Å². The standard InChI is InChI=1S/C31H23Br/c1-31(16-5-2-6-17-31)23-9-7-8-21(18-23)22-12-14-27-28-15-13-24(32)20-30(28)26-11-4-3-10-25(26)29(27)19-22/h2-16,18-20H,17H2,1H3. The predicted molar refractivity (Wildman–Crippen MR) is 142 cm³/mol. The van der Waals surface area contributed by atoms with Crippen molar-refractivity contribution in [3.05, 3.63) is 119 Å². The summed E-state index contributed by atoms with van der Waals surface area (Å²) >= 11 is 3.66. The Morgan fingerprint density at radius 3 is 2.06 bits per heavy atom. The van der Waals surface area contributed by atoms with Gasteiger partial charge in [0.25, 0.3) is 0 Å². The highest BCUT2D eigenvalue weighted by Crippen LogP contribution is 2.39. The van der Waals surface area contributed by atoms with E-state index in [1.165, 1.54) is 49.0 Å². The Hall–Kier alpha value is -3.16. The second-order valence-electron chi connectivity index (χ2n) is 8.99. The molecule has 0 nitrogen and oxygen atoms in total. The highest BCUT2D eigenvalue weighted by molar-refractivity contribution is 9.10. The lowest BCUT2D eigenvalue weighted by Gasteiger charge is -2.27. The molecule has 5 aromatic carbocycles. The van der Waals surface area contributed by atoms with Gasteiger partial charge in [0.2, 0.25) is 0 Å². The second kappa shape index (κ2) is 7.46. The number of hydrogen-bond acceptors (Lipinski definition) is 0. The molecule has 154 valence electrons. The zero-order chi connectivity index (χ0) is 21.7. The fraction of sp³-hybridized carbons (Fsp3) is 0.0968. The predicted octanol–water partition coefficient (Wildman–Crippen LogP) is 9.35. The van der Waals surface area contributed by atoms with Crippen LogP contribution in [-0.2, 0) is 5.41 Å². The Kier molecular flexibility index (Phi) is 4.55. The maximum Gasteiger partial charge on any atom is 0.0181 e. The van der Waals surface area contributed by atoms with E-state index in [1.54, 1.807) is 0 Å². The SMILES string of the molecule is CC1(c2cccc(-c3ccc4c5ccc(Br)cc5c5ccccc5c4c3)c2)C=CC=CC1. The number of allylic oxidation sites excluding steroid dienone is 4. The van der Waals surface area contributed by atoms with Crippen LogP contribution in [0.4, 0.5) is 0 Å². The highest BCUT2D eigenvalue weighted by atomic mass is 79.9. The summed E-state index contributed by atoms with van der Waals surface area (Å²) in [5.74, 6) is 0. The number of halogens is 1. The van der Waals surface area contributed by atoms with E-state index in [1.807, 2.05) is 0 Å². The van der Waals surface area contributed by atoms with Crippen LogP contribution >= 0.6 is 15.9 Å². The summed E-state index contributed by atoms with van der Waals surface area (Å²) < 4.78 is 1.11. The van der Waals surface area contributed by atoms with Gasteiger partial charge in [-0.25, -0.2) is 0 Å². The van der Waals surface area contributed by atoms with Gasteiger partial charge in [0.05, 0.1) is 0 Å². The minimum Gasteiger partial charge on any atom is -0.0834 e. The van der Waals surface area contributed by atoms with Gasteiger partial charge in [-0.05, 0) is 73.6 Å². The van der Waals surface area contributed by atoms with Crippen LogP contribution in [0.1, 0.15) is 18.9 Å². The van der Waals surface area contributed by atoms with Gasteiger partial charge < -0.3 is 0 Å². The molecule has 0 amide bonds. The minimum absolute atomic E-state index is 0.0535. The van der Waals surface area contributed by atoms with Gasteiger partial charge in [0, 0.05) is 9.89 Å². The normalized spacial score (nSPS) is 18.1. The fourth-order valence-corrected chi connectivity index (χ4v) is 5.47.